The van der Waals surface area contributed by atoms with Gasteiger partial charge in [-0.3, -0.25) is 15.0 Å². The van der Waals surface area contributed by atoms with E-state index in [0.717, 1.165) is 31.5 Å². The van der Waals surface area contributed by atoms with Crippen molar-refractivity contribution in [3.8, 4) is 0 Å². The largest absolute Gasteiger partial charge is 0.299 e. The zero-order valence-electron chi connectivity index (χ0n) is 10.9. The van der Waals surface area contributed by atoms with Crippen molar-refractivity contribution in [2.75, 3.05) is 13.1 Å². The van der Waals surface area contributed by atoms with Crippen LogP contribution in [0.3, 0.4) is 0 Å². The van der Waals surface area contributed by atoms with E-state index >= 15 is 0 Å². The number of nitrogens with zero attached hydrogens (tertiary/aromatic N) is 2. The Morgan fingerprint density at radius 1 is 1.39 bits per heavy atom. The van der Waals surface area contributed by atoms with Crippen molar-refractivity contribution in [2.45, 2.75) is 33.2 Å². The van der Waals surface area contributed by atoms with E-state index in [-0.39, 0.29) is 10.6 Å². The first-order valence-electron chi connectivity index (χ1n) is 6.23. The molecule has 0 unspecified atom stereocenters. The van der Waals surface area contributed by atoms with Crippen molar-refractivity contribution in [3.05, 3.63) is 38.9 Å². The van der Waals surface area contributed by atoms with Gasteiger partial charge in [-0.15, -0.1) is 0 Å². The summed E-state index contributed by atoms with van der Waals surface area (Å²) in [5.41, 5.74) is 0.921. The van der Waals surface area contributed by atoms with Crippen molar-refractivity contribution >= 4 is 17.3 Å². The first-order chi connectivity index (χ1) is 8.58. The number of nitro benzene ring substituents is 1. The first kappa shape index (κ1) is 14.9. The molecule has 18 heavy (non-hydrogen) atoms. The fraction of sp³-hybridized carbons (Fsp3) is 0.538. The molecular weight excluding hydrogens is 252 g/mol. The van der Waals surface area contributed by atoms with E-state index in [1.54, 1.807) is 12.1 Å². The van der Waals surface area contributed by atoms with Gasteiger partial charge in [-0.25, -0.2) is 0 Å². The van der Waals surface area contributed by atoms with Gasteiger partial charge >= 0.3 is 0 Å². The fourth-order valence-electron chi connectivity index (χ4n) is 1.77. The molecule has 0 N–H and O–H groups in total. The van der Waals surface area contributed by atoms with Crippen LogP contribution in [0.4, 0.5) is 5.69 Å². The summed E-state index contributed by atoms with van der Waals surface area (Å²) < 4.78 is 0. The van der Waals surface area contributed by atoms with Crippen LogP contribution in [0, 0.1) is 10.1 Å². The van der Waals surface area contributed by atoms with E-state index in [2.05, 4.69) is 18.7 Å². The predicted molar refractivity (Wildman–Crippen MR) is 74.0 cm³/mol. The van der Waals surface area contributed by atoms with Crippen LogP contribution in [0.1, 0.15) is 32.3 Å². The SMILES string of the molecule is CCCCN(CC)Cc1cc([N+](=O)[O-])ccc1Cl. The Morgan fingerprint density at radius 3 is 2.67 bits per heavy atom. The minimum absolute atomic E-state index is 0.0981. The van der Waals surface area contributed by atoms with E-state index in [9.17, 15) is 10.1 Å². The Morgan fingerprint density at radius 2 is 2.11 bits per heavy atom. The third-order valence-electron chi connectivity index (χ3n) is 2.91. The summed E-state index contributed by atoms with van der Waals surface area (Å²) in [6, 6.07) is 4.60. The molecule has 0 bridgehead atoms. The van der Waals surface area contributed by atoms with Gasteiger partial charge in [0.2, 0.25) is 0 Å². The molecule has 1 aromatic carbocycles. The standard InChI is InChI=1S/C13H19ClN2O2/c1-3-5-8-15(4-2)10-11-9-12(16(17)18)6-7-13(11)14/h6-7,9H,3-5,8,10H2,1-2H3. The molecular formula is C13H19ClN2O2. The lowest BCUT2D eigenvalue weighted by Crippen LogP contribution is -2.24. The first-order valence-corrected chi connectivity index (χ1v) is 6.61. The molecule has 0 spiro atoms. The molecule has 0 aromatic heterocycles. The van der Waals surface area contributed by atoms with Gasteiger partial charge in [0.05, 0.1) is 4.92 Å². The summed E-state index contributed by atoms with van der Waals surface area (Å²) >= 11 is 6.09. The number of nitro groups is 1. The second-order valence-corrected chi connectivity index (χ2v) is 4.66. The zero-order valence-corrected chi connectivity index (χ0v) is 11.6. The van der Waals surface area contributed by atoms with Gasteiger partial charge in [-0.05, 0) is 31.1 Å². The molecule has 1 aromatic rings. The smallest absolute Gasteiger partial charge is 0.269 e. The maximum Gasteiger partial charge on any atom is 0.269 e. The predicted octanol–water partition coefficient (Wildman–Crippen LogP) is 3.87. The topological polar surface area (TPSA) is 46.4 Å². The number of non-ortho nitro benzene ring substituents is 1. The maximum atomic E-state index is 10.7. The fourth-order valence-corrected chi connectivity index (χ4v) is 1.94. The highest BCUT2D eigenvalue weighted by Gasteiger charge is 2.12. The molecule has 0 saturated carbocycles. The van der Waals surface area contributed by atoms with E-state index in [1.807, 2.05) is 0 Å². The summed E-state index contributed by atoms with van der Waals surface area (Å²) in [5.74, 6) is 0. The molecule has 0 fully saturated rings. The van der Waals surface area contributed by atoms with Gasteiger partial charge in [0, 0.05) is 23.7 Å². The number of hydrogen-bond donors (Lipinski definition) is 0. The molecule has 0 aliphatic rings. The third-order valence-corrected chi connectivity index (χ3v) is 3.28. The van der Waals surface area contributed by atoms with Crippen LogP contribution in [0.15, 0.2) is 18.2 Å². The molecule has 0 amide bonds. The molecule has 100 valence electrons. The van der Waals surface area contributed by atoms with Gasteiger partial charge in [-0.2, -0.15) is 0 Å². The average Bonchev–Trinajstić information content (AvgIpc) is 2.36. The number of halogens is 1. The van der Waals surface area contributed by atoms with Gasteiger partial charge in [0.15, 0.2) is 0 Å². The number of rotatable bonds is 7. The van der Waals surface area contributed by atoms with Crippen molar-refractivity contribution in [2.24, 2.45) is 0 Å². The summed E-state index contributed by atoms with van der Waals surface area (Å²) in [4.78, 5) is 12.6. The molecule has 0 atom stereocenters. The van der Waals surface area contributed by atoms with Crippen LogP contribution in [-0.2, 0) is 6.54 Å². The monoisotopic (exact) mass is 270 g/mol. The minimum Gasteiger partial charge on any atom is -0.299 e. The summed E-state index contributed by atoms with van der Waals surface area (Å²) in [6.45, 7) is 6.80. The minimum atomic E-state index is -0.387. The molecule has 0 aliphatic carbocycles. The summed E-state index contributed by atoms with van der Waals surface area (Å²) in [5, 5.41) is 11.3. The third kappa shape index (κ3) is 4.27. The Kier molecular flexibility index (Phi) is 6.09. The Bertz CT molecular complexity index is 410. The highest BCUT2D eigenvalue weighted by atomic mass is 35.5. The Labute approximate surface area is 113 Å². The molecule has 5 heteroatoms. The lowest BCUT2D eigenvalue weighted by atomic mass is 10.1. The van der Waals surface area contributed by atoms with Gasteiger partial charge < -0.3 is 0 Å². The number of unbranched alkanes of at least 4 members (excludes halogenated alkanes) is 1. The zero-order chi connectivity index (χ0) is 13.5. The van der Waals surface area contributed by atoms with Crippen LogP contribution in [0.5, 0.6) is 0 Å². The van der Waals surface area contributed by atoms with Crippen LogP contribution >= 0.6 is 11.6 Å². The van der Waals surface area contributed by atoms with Crippen LogP contribution in [0.2, 0.25) is 5.02 Å². The number of benzene rings is 1. The normalized spacial score (nSPS) is 10.9. The second-order valence-electron chi connectivity index (χ2n) is 4.26. The summed E-state index contributed by atoms with van der Waals surface area (Å²) in [6.07, 6.45) is 2.26. The van der Waals surface area contributed by atoms with Gasteiger partial charge in [-0.1, -0.05) is 31.9 Å². The van der Waals surface area contributed by atoms with Gasteiger partial charge in [0.25, 0.3) is 5.69 Å². The molecule has 0 radical (unpaired) electrons. The molecule has 4 nitrogen and oxygen atoms in total. The van der Waals surface area contributed by atoms with Crippen LogP contribution < -0.4 is 0 Å². The highest BCUT2D eigenvalue weighted by molar-refractivity contribution is 6.31. The van der Waals surface area contributed by atoms with E-state index in [1.165, 1.54) is 6.07 Å². The summed E-state index contributed by atoms with van der Waals surface area (Å²) in [7, 11) is 0. The van der Waals surface area contributed by atoms with Crippen molar-refractivity contribution in [3.63, 3.8) is 0 Å². The quantitative estimate of drug-likeness (QED) is 0.558. The molecule has 0 saturated heterocycles. The van der Waals surface area contributed by atoms with Crippen molar-refractivity contribution in [1.29, 1.82) is 0 Å². The van der Waals surface area contributed by atoms with Crippen LogP contribution in [-0.4, -0.2) is 22.9 Å². The Hall–Kier alpha value is -1.13. The van der Waals surface area contributed by atoms with E-state index in [0.29, 0.717) is 11.6 Å². The van der Waals surface area contributed by atoms with Gasteiger partial charge in [0.1, 0.15) is 0 Å². The van der Waals surface area contributed by atoms with E-state index in [4.69, 9.17) is 11.6 Å². The van der Waals surface area contributed by atoms with Crippen molar-refractivity contribution < 1.29 is 4.92 Å². The van der Waals surface area contributed by atoms with Crippen molar-refractivity contribution in [1.82, 2.24) is 4.90 Å². The Balaban J connectivity index is 2.80. The molecule has 1 rings (SSSR count). The molecule has 0 heterocycles. The van der Waals surface area contributed by atoms with E-state index < -0.39 is 0 Å². The maximum absolute atomic E-state index is 10.7. The number of hydrogen-bond acceptors (Lipinski definition) is 3. The average molecular weight is 271 g/mol. The second kappa shape index (κ2) is 7.34. The lowest BCUT2D eigenvalue weighted by Gasteiger charge is -2.20. The molecule has 0 aliphatic heterocycles. The van der Waals surface area contributed by atoms with Crippen LogP contribution in [0.25, 0.3) is 0 Å². The lowest BCUT2D eigenvalue weighted by molar-refractivity contribution is -0.384. The highest BCUT2D eigenvalue weighted by Crippen LogP contribution is 2.23.